The molecule has 0 fully saturated rings. The first-order valence-electron chi connectivity index (χ1n) is 4.82. The van der Waals surface area contributed by atoms with Gasteiger partial charge in [-0.15, -0.1) is 11.6 Å². The summed E-state index contributed by atoms with van der Waals surface area (Å²) in [6.45, 7) is 2.59. The van der Waals surface area contributed by atoms with Gasteiger partial charge >= 0.3 is 0 Å². The van der Waals surface area contributed by atoms with Gasteiger partial charge in [-0.1, -0.05) is 13.3 Å². The minimum Gasteiger partial charge on any atom is -0.366 e. The molecule has 0 saturated heterocycles. The van der Waals surface area contributed by atoms with Crippen LogP contribution in [-0.2, 0) is 0 Å². The van der Waals surface area contributed by atoms with Crippen LogP contribution < -0.4 is 5.32 Å². The minimum atomic E-state index is -0.371. The Morgan fingerprint density at radius 2 is 2.40 bits per heavy atom. The van der Waals surface area contributed by atoms with E-state index >= 15 is 0 Å². The van der Waals surface area contributed by atoms with Gasteiger partial charge in [-0.05, 0) is 28.4 Å². The Hall–Kier alpha value is -0.350. The molecule has 1 rings (SSSR count). The highest BCUT2D eigenvalue weighted by atomic mass is 79.9. The third kappa shape index (κ3) is 4.34. The van der Waals surface area contributed by atoms with Crippen molar-refractivity contribution in [2.24, 2.45) is 0 Å². The zero-order valence-corrected chi connectivity index (χ0v) is 10.8. The van der Waals surface area contributed by atoms with Crippen LogP contribution in [0.5, 0.6) is 0 Å². The summed E-state index contributed by atoms with van der Waals surface area (Å²) in [5.41, 5.74) is 0. The van der Waals surface area contributed by atoms with Crippen molar-refractivity contribution in [1.82, 2.24) is 4.98 Å². The predicted molar refractivity (Wildman–Crippen MR) is 64.9 cm³/mol. The second-order valence-corrected chi connectivity index (χ2v) is 4.78. The molecule has 1 aromatic rings. The summed E-state index contributed by atoms with van der Waals surface area (Å²) in [4.78, 5) is 3.92. The van der Waals surface area contributed by atoms with Crippen LogP contribution in [0.2, 0.25) is 0 Å². The van der Waals surface area contributed by atoms with Crippen molar-refractivity contribution in [3.05, 3.63) is 22.6 Å². The number of pyridine rings is 1. The molecule has 1 N–H and O–H groups in total. The average Bonchev–Trinajstić information content (AvgIpc) is 2.17. The van der Waals surface area contributed by atoms with Gasteiger partial charge in [0.25, 0.3) is 0 Å². The molecule has 0 aromatic carbocycles. The van der Waals surface area contributed by atoms with Crippen LogP contribution >= 0.6 is 27.5 Å². The zero-order chi connectivity index (χ0) is 11.3. The lowest BCUT2D eigenvalue weighted by Crippen LogP contribution is -2.15. The molecule has 0 saturated carbocycles. The van der Waals surface area contributed by atoms with Gasteiger partial charge in [0.05, 0.1) is 5.38 Å². The number of hydrogen-bond donors (Lipinski definition) is 1. The Kier molecular flexibility index (Phi) is 5.32. The van der Waals surface area contributed by atoms with Crippen LogP contribution in [0.3, 0.4) is 0 Å². The van der Waals surface area contributed by atoms with Crippen molar-refractivity contribution in [1.29, 1.82) is 0 Å². The average molecular weight is 296 g/mol. The molecule has 1 heterocycles. The molecular formula is C10H13BrClFN2. The molecule has 0 amide bonds. The third-order valence-electron chi connectivity index (χ3n) is 1.90. The number of hydrogen-bond acceptors (Lipinski definition) is 2. The lowest BCUT2D eigenvalue weighted by atomic mass is 10.2. The summed E-state index contributed by atoms with van der Waals surface area (Å²) < 4.78 is 13.9. The van der Waals surface area contributed by atoms with Crippen LogP contribution in [0.25, 0.3) is 0 Å². The van der Waals surface area contributed by atoms with E-state index in [9.17, 15) is 4.39 Å². The first-order chi connectivity index (χ1) is 7.13. The number of nitrogens with zero attached hydrogens (tertiary/aromatic N) is 1. The van der Waals surface area contributed by atoms with E-state index in [0.29, 0.717) is 11.0 Å². The largest absolute Gasteiger partial charge is 0.366 e. The van der Waals surface area contributed by atoms with Crippen molar-refractivity contribution >= 4 is 33.3 Å². The Balaban J connectivity index is 2.50. The molecule has 15 heavy (non-hydrogen) atoms. The van der Waals surface area contributed by atoms with Crippen molar-refractivity contribution < 1.29 is 4.39 Å². The van der Waals surface area contributed by atoms with E-state index in [0.717, 1.165) is 12.8 Å². The Morgan fingerprint density at radius 3 is 3.00 bits per heavy atom. The van der Waals surface area contributed by atoms with E-state index in [1.807, 2.05) is 0 Å². The van der Waals surface area contributed by atoms with Gasteiger partial charge in [0.15, 0.2) is 11.6 Å². The molecule has 0 spiro atoms. The van der Waals surface area contributed by atoms with E-state index in [4.69, 9.17) is 11.6 Å². The summed E-state index contributed by atoms with van der Waals surface area (Å²) in [5.74, 6) is -0.121. The molecule has 84 valence electrons. The quantitative estimate of drug-likeness (QED) is 0.836. The minimum absolute atomic E-state index is 0.0137. The molecule has 1 aromatic heterocycles. The summed E-state index contributed by atoms with van der Waals surface area (Å²) in [5, 5.41) is 2.90. The maximum Gasteiger partial charge on any atom is 0.166 e. The van der Waals surface area contributed by atoms with Gasteiger partial charge in [-0.2, -0.15) is 0 Å². The monoisotopic (exact) mass is 294 g/mol. The number of aromatic nitrogens is 1. The highest BCUT2D eigenvalue weighted by molar-refractivity contribution is 9.10. The van der Waals surface area contributed by atoms with Gasteiger partial charge < -0.3 is 5.32 Å². The highest BCUT2D eigenvalue weighted by Gasteiger charge is 2.07. The van der Waals surface area contributed by atoms with Crippen LogP contribution in [-0.4, -0.2) is 16.9 Å². The Labute approximate surface area is 102 Å². The molecule has 5 heteroatoms. The molecule has 0 aliphatic carbocycles. The standard InChI is InChI=1S/C10H13BrClFN2/c1-2-3-8(12)6-15-10-9(13)4-7(11)5-14-10/h4-5,8H,2-3,6H2,1H3,(H,14,15). The first-order valence-corrected chi connectivity index (χ1v) is 6.05. The maximum absolute atomic E-state index is 13.3. The number of rotatable bonds is 5. The van der Waals surface area contributed by atoms with E-state index in [-0.39, 0.29) is 17.0 Å². The topological polar surface area (TPSA) is 24.9 Å². The molecule has 0 bridgehead atoms. The van der Waals surface area contributed by atoms with Crippen molar-refractivity contribution in [3.63, 3.8) is 0 Å². The summed E-state index contributed by atoms with van der Waals surface area (Å²) >= 11 is 9.14. The molecule has 0 aliphatic heterocycles. The van der Waals surface area contributed by atoms with Gasteiger partial charge in [0.2, 0.25) is 0 Å². The molecule has 0 aliphatic rings. The maximum atomic E-state index is 13.3. The number of alkyl halides is 1. The molecule has 2 nitrogen and oxygen atoms in total. The van der Waals surface area contributed by atoms with Crippen LogP contribution in [0.1, 0.15) is 19.8 Å². The molecule has 1 atom stereocenters. The fourth-order valence-electron chi connectivity index (χ4n) is 1.17. The van der Waals surface area contributed by atoms with Gasteiger partial charge in [0.1, 0.15) is 0 Å². The predicted octanol–water partition coefficient (Wildman–Crippen LogP) is 3.80. The summed E-state index contributed by atoms with van der Waals surface area (Å²) in [6, 6.07) is 1.37. The second-order valence-electron chi connectivity index (χ2n) is 3.25. The number of halogens is 3. The lowest BCUT2D eigenvalue weighted by molar-refractivity contribution is 0.622. The fourth-order valence-corrected chi connectivity index (χ4v) is 1.77. The van der Waals surface area contributed by atoms with Crippen LogP contribution in [0.15, 0.2) is 16.7 Å². The van der Waals surface area contributed by atoms with Crippen LogP contribution in [0.4, 0.5) is 10.2 Å². The van der Waals surface area contributed by atoms with Crippen LogP contribution in [0, 0.1) is 5.82 Å². The number of anilines is 1. The SMILES string of the molecule is CCCC(Cl)CNc1ncc(Br)cc1F. The van der Waals surface area contributed by atoms with Gasteiger partial charge in [-0.3, -0.25) is 0 Å². The third-order valence-corrected chi connectivity index (χ3v) is 2.71. The Bertz CT molecular complexity index is 322. The van der Waals surface area contributed by atoms with E-state index in [2.05, 4.69) is 33.2 Å². The normalized spacial score (nSPS) is 12.5. The molecule has 0 radical (unpaired) electrons. The summed E-state index contributed by atoms with van der Waals surface area (Å²) in [7, 11) is 0. The van der Waals surface area contributed by atoms with Crippen molar-refractivity contribution in [2.75, 3.05) is 11.9 Å². The van der Waals surface area contributed by atoms with Crippen molar-refractivity contribution in [2.45, 2.75) is 25.1 Å². The molecular weight excluding hydrogens is 282 g/mol. The van der Waals surface area contributed by atoms with E-state index < -0.39 is 0 Å². The zero-order valence-electron chi connectivity index (χ0n) is 8.43. The van der Waals surface area contributed by atoms with Crippen molar-refractivity contribution in [3.8, 4) is 0 Å². The first kappa shape index (κ1) is 12.7. The summed E-state index contributed by atoms with van der Waals surface area (Å²) in [6.07, 6.45) is 3.48. The smallest absolute Gasteiger partial charge is 0.166 e. The second kappa shape index (κ2) is 6.28. The van der Waals surface area contributed by atoms with Gasteiger partial charge in [-0.25, -0.2) is 9.37 Å². The lowest BCUT2D eigenvalue weighted by Gasteiger charge is -2.10. The highest BCUT2D eigenvalue weighted by Crippen LogP contribution is 2.16. The van der Waals surface area contributed by atoms with E-state index in [1.165, 1.54) is 6.07 Å². The number of nitrogens with one attached hydrogen (secondary N) is 1. The van der Waals surface area contributed by atoms with Gasteiger partial charge in [0, 0.05) is 17.2 Å². The van der Waals surface area contributed by atoms with E-state index in [1.54, 1.807) is 6.20 Å². The Morgan fingerprint density at radius 1 is 1.67 bits per heavy atom. The molecule has 1 unspecified atom stereocenters. The fraction of sp³-hybridized carbons (Fsp3) is 0.500.